The van der Waals surface area contributed by atoms with Crippen molar-refractivity contribution < 1.29 is 19.4 Å². The molecule has 1 aliphatic carbocycles. The molecule has 6 nitrogen and oxygen atoms in total. The highest BCUT2D eigenvalue weighted by atomic mass is 16.5. The van der Waals surface area contributed by atoms with Crippen LogP contribution >= 0.6 is 0 Å². The van der Waals surface area contributed by atoms with E-state index >= 15 is 0 Å². The number of likely N-dealkylation sites (tertiary alicyclic amines) is 2. The van der Waals surface area contributed by atoms with E-state index in [1.54, 1.807) is 6.07 Å². The van der Waals surface area contributed by atoms with E-state index in [0.29, 0.717) is 24.2 Å². The first-order valence-corrected chi connectivity index (χ1v) is 9.59. The molecular weight excluding hydrogens is 332 g/mol. The Kier molecular flexibility index (Phi) is 4.61. The van der Waals surface area contributed by atoms with Crippen LogP contribution in [0.2, 0.25) is 0 Å². The van der Waals surface area contributed by atoms with Gasteiger partial charge in [-0.05, 0) is 51.1 Å². The summed E-state index contributed by atoms with van der Waals surface area (Å²) in [6.07, 6.45) is 6.24. The third-order valence-corrected chi connectivity index (χ3v) is 5.94. The molecule has 1 amide bonds. The van der Waals surface area contributed by atoms with Crippen molar-refractivity contribution in [3.05, 3.63) is 29.8 Å². The third kappa shape index (κ3) is 3.18. The first kappa shape index (κ1) is 17.3. The van der Waals surface area contributed by atoms with Gasteiger partial charge in [0.2, 0.25) is 5.91 Å². The summed E-state index contributed by atoms with van der Waals surface area (Å²) in [5.74, 6) is -0.0769. The summed E-state index contributed by atoms with van der Waals surface area (Å²) in [6.45, 7) is 2.07. The smallest absolute Gasteiger partial charge is 0.341 e. The van der Waals surface area contributed by atoms with Gasteiger partial charge in [-0.25, -0.2) is 4.79 Å². The molecule has 3 fully saturated rings. The molecule has 4 rings (SSSR count). The first-order chi connectivity index (χ1) is 12.6. The predicted octanol–water partition coefficient (Wildman–Crippen LogP) is 2.27. The topological polar surface area (TPSA) is 70.1 Å². The Labute approximate surface area is 153 Å². The molecule has 0 radical (unpaired) electrons. The molecule has 2 heterocycles. The molecular formula is C20H26N2O4. The summed E-state index contributed by atoms with van der Waals surface area (Å²) in [5.41, 5.74) is 0.576. The number of aliphatic carboxylic acids is 1. The van der Waals surface area contributed by atoms with E-state index in [4.69, 9.17) is 9.84 Å². The van der Waals surface area contributed by atoms with Crippen molar-refractivity contribution >= 4 is 11.9 Å². The lowest BCUT2D eigenvalue weighted by Gasteiger charge is -2.45. The molecule has 2 saturated heterocycles. The number of rotatable bonds is 6. The second-order valence-corrected chi connectivity index (χ2v) is 7.68. The molecule has 26 heavy (non-hydrogen) atoms. The lowest BCUT2D eigenvalue weighted by molar-refractivity contribution is -0.148. The Morgan fingerprint density at radius 3 is 2.65 bits per heavy atom. The zero-order valence-corrected chi connectivity index (χ0v) is 15.0. The normalized spacial score (nSPS) is 26.5. The number of carboxylic acid groups (broad SMARTS) is 1. The van der Waals surface area contributed by atoms with Crippen LogP contribution in [0.5, 0.6) is 5.75 Å². The minimum Gasteiger partial charge on any atom is -0.482 e. The minimum atomic E-state index is -0.986. The molecule has 140 valence electrons. The second-order valence-electron chi connectivity index (χ2n) is 7.68. The number of carboxylic acids is 1. The number of amides is 1. The Hall–Kier alpha value is -2.08. The molecule has 1 atom stereocenters. The van der Waals surface area contributed by atoms with Crippen molar-refractivity contribution in [3.8, 4) is 5.75 Å². The van der Waals surface area contributed by atoms with Crippen molar-refractivity contribution in [1.29, 1.82) is 0 Å². The maximum Gasteiger partial charge on any atom is 0.341 e. The van der Waals surface area contributed by atoms with Crippen LogP contribution in [0, 0.1) is 0 Å². The summed E-state index contributed by atoms with van der Waals surface area (Å²) in [4.78, 5) is 28.6. The largest absolute Gasteiger partial charge is 0.482 e. The van der Waals surface area contributed by atoms with Gasteiger partial charge < -0.3 is 14.7 Å². The van der Waals surface area contributed by atoms with E-state index in [0.717, 1.165) is 57.2 Å². The summed E-state index contributed by atoms with van der Waals surface area (Å²) < 4.78 is 5.46. The number of piperidine rings is 1. The van der Waals surface area contributed by atoms with Crippen LogP contribution in [0.25, 0.3) is 0 Å². The fourth-order valence-electron chi connectivity index (χ4n) is 4.56. The summed E-state index contributed by atoms with van der Waals surface area (Å²) in [6, 6.07) is 8.02. The molecule has 2 aliphatic heterocycles. The molecule has 1 N–H and O–H groups in total. The van der Waals surface area contributed by atoms with Crippen LogP contribution in [0.4, 0.5) is 0 Å². The summed E-state index contributed by atoms with van der Waals surface area (Å²) >= 11 is 0. The van der Waals surface area contributed by atoms with E-state index in [1.807, 2.05) is 18.2 Å². The van der Waals surface area contributed by atoms with Gasteiger partial charge in [-0.2, -0.15) is 0 Å². The highest BCUT2D eigenvalue weighted by Gasteiger charge is 2.53. The Morgan fingerprint density at radius 2 is 1.92 bits per heavy atom. The van der Waals surface area contributed by atoms with Crippen molar-refractivity contribution in [2.24, 2.45) is 0 Å². The van der Waals surface area contributed by atoms with Gasteiger partial charge in [0.1, 0.15) is 11.3 Å². The summed E-state index contributed by atoms with van der Waals surface area (Å²) in [7, 11) is 0. The highest BCUT2D eigenvalue weighted by Crippen LogP contribution is 2.42. The molecule has 1 aromatic rings. The average Bonchev–Trinajstić information content (AvgIpc) is 3.40. The zero-order valence-electron chi connectivity index (χ0n) is 15.0. The molecule has 0 aromatic heterocycles. The summed E-state index contributed by atoms with van der Waals surface area (Å²) in [5, 5.41) is 8.88. The van der Waals surface area contributed by atoms with Gasteiger partial charge in [-0.3, -0.25) is 9.69 Å². The predicted molar refractivity (Wildman–Crippen MR) is 95.9 cm³/mol. The Balaban J connectivity index is 1.54. The minimum absolute atomic E-state index is 0.313. The van der Waals surface area contributed by atoms with E-state index < -0.39 is 5.97 Å². The standard InChI is InChI=1S/C20H26N2O4/c23-18(24)14-26-17-6-2-1-5-15(17)13-21-11-3-9-20(21)10-4-12-22(19(20)25)16-7-8-16/h1-2,5-6,16H,3-4,7-14H2,(H,23,24). The number of carbonyl (C=O) groups excluding carboxylic acids is 1. The number of carbonyl (C=O) groups is 2. The fourth-order valence-corrected chi connectivity index (χ4v) is 4.56. The van der Waals surface area contributed by atoms with E-state index in [-0.39, 0.29) is 12.1 Å². The van der Waals surface area contributed by atoms with Crippen LogP contribution in [0.3, 0.4) is 0 Å². The number of hydrogen-bond acceptors (Lipinski definition) is 4. The third-order valence-electron chi connectivity index (χ3n) is 5.94. The van der Waals surface area contributed by atoms with Crippen molar-refractivity contribution in [2.45, 2.75) is 56.7 Å². The molecule has 1 spiro atoms. The fraction of sp³-hybridized carbons (Fsp3) is 0.600. The maximum atomic E-state index is 13.3. The molecule has 6 heteroatoms. The van der Waals surface area contributed by atoms with E-state index in [2.05, 4.69) is 9.80 Å². The van der Waals surface area contributed by atoms with Gasteiger partial charge in [-0.15, -0.1) is 0 Å². The molecule has 3 aliphatic rings. The number of para-hydroxylation sites is 1. The molecule has 1 aromatic carbocycles. The maximum absolute atomic E-state index is 13.3. The monoisotopic (exact) mass is 358 g/mol. The molecule has 1 unspecified atom stereocenters. The SMILES string of the molecule is O=C(O)COc1ccccc1CN1CCCC12CCCN(C1CC1)C2=O. The van der Waals surface area contributed by atoms with Gasteiger partial charge in [0, 0.05) is 24.7 Å². The van der Waals surface area contributed by atoms with Crippen molar-refractivity contribution in [2.75, 3.05) is 19.7 Å². The molecule has 1 saturated carbocycles. The lowest BCUT2D eigenvalue weighted by Crippen LogP contribution is -2.60. The average molecular weight is 358 g/mol. The second kappa shape index (κ2) is 6.91. The Bertz CT molecular complexity index is 703. The van der Waals surface area contributed by atoms with E-state index in [9.17, 15) is 9.59 Å². The number of ether oxygens (including phenoxy) is 1. The van der Waals surface area contributed by atoms with Crippen LogP contribution in [-0.4, -0.2) is 58.1 Å². The van der Waals surface area contributed by atoms with Gasteiger partial charge in [-0.1, -0.05) is 18.2 Å². The van der Waals surface area contributed by atoms with Crippen LogP contribution < -0.4 is 4.74 Å². The van der Waals surface area contributed by atoms with Crippen molar-refractivity contribution in [1.82, 2.24) is 9.80 Å². The number of hydrogen-bond donors (Lipinski definition) is 1. The van der Waals surface area contributed by atoms with Gasteiger partial charge in [0.15, 0.2) is 6.61 Å². The van der Waals surface area contributed by atoms with E-state index in [1.165, 1.54) is 0 Å². The van der Waals surface area contributed by atoms with Crippen LogP contribution in [0.15, 0.2) is 24.3 Å². The number of nitrogens with zero attached hydrogens (tertiary/aromatic N) is 2. The van der Waals surface area contributed by atoms with Gasteiger partial charge in [0.05, 0.1) is 0 Å². The Morgan fingerprint density at radius 1 is 1.19 bits per heavy atom. The quantitative estimate of drug-likeness (QED) is 0.845. The van der Waals surface area contributed by atoms with Crippen LogP contribution in [-0.2, 0) is 16.1 Å². The van der Waals surface area contributed by atoms with Crippen LogP contribution in [0.1, 0.15) is 44.1 Å². The molecule has 0 bridgehead atoms. The highest BCUT2D eigenvalue weighted by molar-refractivity contribution is 5.88. The van der Waals surface area contributed by atoms with Crippen molar-refractivity contribution in [3.63, 3.8) is 0 Å². The lowest BCUT2D eigenvalue weighted by atomic mass is 9.85. The zero-order chi connectivity index (χ0) is 18.1. The van der Waals surface area contributed by atoms with Gasteiger partial charge >= 0.3 is 5.97 Å². The first-order valence-electron chi connectivity index (χ1n) is 9.59. The number of benzene rings is 1. The van der Waals surface area contributed by atoms with Gasteiger partial charge in [0.25, 0.3) is 0 Å².